The second-order valence-electron chi connectivity index (χ2n) is 5.41. The Bertz CT molecular complexity index is 744. The van der Waals surface area contributed by atoms with Crippen LogP contribution in [0.15, 0.2) is 42.5 Å². The van der Waals surface area contributed by atoms with Crippen molar-refractivity contribution in [3.63, 3.8) is 0 Å². The summed E-state index contributed by atoms with van der Waals surface area (Å²) in [4.78, 5) is 23.9. The Hall–Kier alpha value is -2.89. The topological polar surface area (TPSA) is 67.4 Å². The number of amides is 2. The van der Waals surface area contributed by atoms with Crippen LogP contribution in [-0.4, -0.2) is 17.9 Å². The number of hydrogen-bond acceptors (Lipinski definition) is 3. The van der Waals surface area contributed by atoms with Gasteiger partial charge in [-0.25, -0.2) is 4.39 Å². The smallest absolute Gasteiger partial charge is 0.279 e. The van der Waals surface area contributed by atoms with Crippen LogP contribution in [0.1, 0.15) is 28.4 Å². The van der Waals surface area contributed by atoms with Gasteiger partial charge in [0.1, 0.15) is 11.6 Å². The lowest BCUT2D eigenvalue weighted by molar-refractivity contribution is -0.128. The van der Waals surface area contributed by atoms with Gasteiger partial charge >= 0.3 is 0 Å². The van der Waals surface area contributed by atoms with Crippen molar-refractivity contribution in [2.75, 3.05) is 0 Å². The van der Waals surface area contributed by atoms with Crippen LogP contribution in [0.2, 0.25) is 0 Å². The van der Waals surface area contributed by atoms with Crippen molar-refractivity contribution in [1.82, 2.24) is 10.9 Å². The monoisotopic (exact) mass is 330 g/mol. The average molecular weight is 330 g/mol. The van der Waals surface area contributed by atoms with Crippen LogP contribution in [0.5, 0.6) is 5.75 Å². The van der Waals surface area contributed by atoms with Gasteiger partial charge in [-0.05, 0) is 62.2 Å². The molecule has 0 aliphatic heterocycles. The van der Waals surface area contributed by atoms with Gasteiger partial charge in [0.15, 0.2) is 6.10 Å². The van der Waals surface area contributed by atoms with Crippen LogP contribution < -0.4 is 15.6 Å². The molecule has 2 aromatic carbocycles. The molecule has 0 aromatic heterocycles. The molecule has 6 heteroatoms. The molecular formula is C18H19FN2O3. The van der Waals surface area contributed by atoms with Gasteiger partial charge in [-0.15, -0.1) is 0 Å². The Morgan fingerprint density at radius 1 is 1.04 bits per heavy atom. The normalized spacial score (nSPS) is 11.5. The summed E-state index contributed by atoms with van der Waals surface area (Å²) in [6.07, 6.45) is -0.793. The van der Waals surface area contributed by atoms with Gasteiger partial charge in [-0.3, -0.25) is 20.4 Å². The highest BCUT2D eigenvalue weighted by Crippen LogP contribution is 2.21. The predicted molar refractivity (Wildman–Crippen MR) is 88.0 cm³/mol. The highest BCUT2D eigenvalue weighted by atomic mass is 19.1. The SMILES string of the molecule is Cc1cccc(O[C@H](C)C(=O)NNC(=O)c2ccc(F)cc2)c1C. The number of hydrogen-bond donors (Lipinski definition) is 2. The number of ether oxygens (including phenoxy) is 1. The van der Waals surface area contributed by atoms with Crippen molar-refractivity contribution in [3.8, 4) is 5.75 Å². The molecule has 1 atom stereocenters. The second kappa shape index (κ2) is 7.59. The van der Waals surface area contributed by atoms with Gasteiger partial charge in [-0.1, -0.05) is 12.1 Å². The molecule has 0 unspecified atom stereocenters. The third kappa shape index (κ3) is 4.32. The van der Waals surface area contributed by atoms with E-state index in [1.54, 1.807) is 13.0 Å². The fourth-order valence-electron chi connectivity index (χ4n) is 1.99. The van der Waals surface area contributed by atoms with E-state index < -0.39 is 23.7 Å². The molecule has 2 N–H and O–H groups in total. The zero-order chi connectivity index (χ0) is 17.7. The van der Waals surface area contributed by atoms with Crippen molar-refractivity contribution in [2.24, 2.45) is 0 Å². The van der Waals surface area contributed by atoms with Crippen LogP contribution >= 0.6 is 0 Å². The van der Waals surface area contributed by atoms with Crippen LogP contribution in [0.3, 0.4) is 0 Å². The number of aryl methyl sites for hydroxylation is 1. The molecule has 2 aromatic rings. The lowest BCUT2D eigenvalue weighted by Gasteiger charge is -2.17. The Labute approximate surface area is 139 Å². The first-order valence-electron chi connectivity index (χ1n) is 7.47. The van der Waals surface area contributed by atoms with Crippen LogP contribution in [-0.2, 0) is 4.79 Å². The number of rotatable bonds is 4. The third-order valence-corrected chi connectivity index (χ3v) is 3.63. The summed E-state index contributed by atoms with van der Waals surface area (Å²) in [7, 11) is 0. The molecule has 0 aliphatic carbocycles. The van der Waals surface area contributed by atoms with Gasteiger partial charge in [0.05, 0.1) is 0 Å². The molecule has 0 aliphatic rings. The summed E-state index contributed by atoms with van der Waals surface area (Å²) < 4.78 is 18.4. The maximum absolute atomic E-state index is 12.8. The molecule has 0 saturated heterocycles. The van der Waals surface area contributed by atoms with E-state index in [2.05, 4.69) is 10.9 Å². The molecule has 0 radical (unpaired) electrons. The van der Waals surface area contributed by atoms with Gasteiger partial charge < -0.3 is 4.74 Å². The molecule has 24 heavy (non-hydrogen) atoms. The quantitative estimate of drug-likeness (QED) is 0.847. The van der Waals surface area contributed by atoms with Gasteiger partial charge in [-0.2, -0.15) is 0 Å². The minimum Gasteiger partial charge on any atom is -0.481 e. The number of hydrazine groups is 1. The van der Waals surface area contributed by atoms with Crippen molar-refractivity contribution < 1.29 is 18.7 Å². The molecule has 2 amide bonds. The zero-order valence-electron chi connectivity index (χ0n) is 13.7. The first kappa shape index (κ1) is 17.5. The van der Waals surface area contributed by atoms with Crippen LogP contribution in [0.4, 0.5) is 4.39 Å². The maximum atomic E-state index is 12.8. The van der Waals surface area contributed by atoms with E-state index in [1.807, 2.05) is 26.0 Å². The van der Waals surface area contributed by atoms with Crippen LogP contribution in [0, 0.1) is 19.7 Å². The van der Waals surface area contributed by atoms with E-state index >= 15 is 0 Å². The van der Waals surface area contributed by atoms with Crippen molar-refractivity contribution in [3.05, 3.63) is 65.0 Å². The van der Waals surface area contributed by atoms with E-state index in [9.17, 15) is 14.0 Å². The van der Waals surface area contributed by atoms with E-state index in [0.717, 1.165) is 11.1 Å². The van der Waals surface area contributed by atoms with E-state index in [-0.39, 0.29) is 5.56 Å². The molecule has 2 rings (SSSR count). The summed E-state index contributed by atoms with van der Waals surface area (Å²) >= 11 is 0. The third-order valence-electron chi connectivity index (χ3n) is 3.63. The van der Waals surface area contributed by atoms with Crippen molar-refractivity contribution >= 4 is 11.8 Å². The number of benzene rings is 2. The van der Waals surface area contributed by atoms with Gasteiger partial charge in [0.25, 0.3) is 11.8 Å². The van der Waals surface area contributed by atoms with Gasteiger partial charge in [0.2, 0.25) is 0 Å². The standard InChI is InChI=1S/C18H19FN2O3/c1-11-5-4-6-16(12(11)2)24-13(3)17(22)20-21-18(23)14-7-9-15(19)10-8-14/h4-10,13H,1-3H3,(H,20,22)(H,21,23)/t13-/m1/s1. The Kier molecular flexibility index (Phi) is 5.52. The largest absolute Gasteiger partial charge is 0.481 e. The number of carbonyl (C=O) groups is 2. The van der Waals surface area contributed by atoms with Crippen LogP contribution in [0.25, 0.3) is 0 Å². The predicted octanol–water partition coefficient (Wildman–Crippen LogP) is 2.67. The van der Waals surface area contributed by atoms with E-state index in [1.165, 1.54) is 24.3 Å². The summed E-state index contributed by atoms with van der Waals surface area (Å²) in [5.74, 6) is -0.859. The van der Waals surface area contributed by atoms with Crippen molar-refractivity contribution in [2.45, 2.75) is 26.9 Å². The molecule has 0 bridgehead atoms. The first-order chi connectivity index (χ1) is 11.4. The molecule has 126 valence electrons. The summed E-state index contributed by atoms with van der Waals surface area (Å²) in [6.45, 7) is 5.45. The highest BCUT2D eigenvalue weighted by molar-refractivity contribution is 5.95. The van der Waals surface area contributed by atoms with Gasteiger partial charge in [0, 0.05) is 5.56 Å². The minimum atomic E-state index is -0.793. The Balaban J connectivity index is 1.91. The minimum absolute atomic E-state index is 0.236. The average Bonchev–Trinajstić information content (AvgIpc) is 2.57. The Morgan fingerprint density at radius 3 is 2.38 bits per heavy atom. The fourth-order valence-corrected chi connectivity index (χ4v) is 1.99. The summed E-state index contributed by atoms with van der Waals surface area (Å²) in [6, 6.07) is 10.6. The second-order valence-corrected chi connectivity index (χ2v) is 5.41. The zero-order valence-corrected chi connectivity index (χ0v) is 13.7. The molecular weight excluding hydrogens is 311 g/mol. The Morgan fingerprint density at radius 2 is 1.71 bits per heavy atom. The summed E-state index contributed by atoms with van der Waals surface area (Å²) in [5.41, 5.74) is 6.81. The molecule has 5 nitrogen and oxygen atoms in total. The number of halogens is 1. The molecule has 0 saturated carbocycles. The van der Waals surface area contributed by atoms with E-state index in [4.69, 9.17) is 4.74 Å². The molecule has 0 spiro atoms. The number of carbonyl (C=O) groups excluding carboxylic acids is 2. The maximum Gasteiger partial charge on any atom is 0.279 e. The highest BCUT2D eigenvalue weighted by Gasteiger charge is 2.17. The summed E-state index contributed by atoms with van der Waals surface area (Å²) in [5, 5.41) is 0. The molecule has 0 heterocycles. The lowest BCUT2D eigenvalue weighted by atomic mass is 10.1. The van der Waals surface area contributed by atoms with E-state index in [0.29, 0.717) is 5.75 Å². The number of nitrogens with one attached hydrogen (secondary N) is 2. The lowest BCUT2D eigenvalue weighted by Crippen LogP contribution is -2.47. The first-order valence-corrected chi connectivity index (χ1v) is 7.47. The molecule has 0 fully saturated rings. The van der Waals surface area contributed by atoms with Crippen molar-refractivity contribution in [1.29, 1.82) is 0 Å². The fraction of sp³-hybridized carbons (Fsp3) is 0.222.